The molecule has 78 valence electrons. The van der Waals surface area contributed by atoms with Crippen LogP contribution in [0, 0.1) is 11.7 Å². The fraction of sp³-hybridized carbons (Fsp3) is 0.667. The summed E-state index contributed by atoms with van der Waals surface area (Å²) in [7, 11) is 0. The number of aromatic amines is 1. The van der Waals surface area contributed by atoms with Crippen molar-refractivity contribution in [2.75, 3.05) is 19.8 Å². The van der Waals surface area contributed by atoms with E-state index in [9.17, 15) is 0 Å². The normalized spacial score (nSPS) is 22.5. The Morgan fingerprint density at radius 2 is 2.50 bits per heavy atom. The highest BCUT2D eigenvalue weighted by molar-refractivity contribution is 7.71. The minimum atomic E-state index is 0.130. The fourth-order valence-electron chi connectivity index (χ4n) is 1.56. The Labute approximate surface area is 87.8 Å². The van der Waals surface area contributed by atoms with Crippen LogP contribution in [0.4, 0.5) is 0 Å². The molecular weight excluding hydrogens is 200 g/mol. The van der Waals surface area contributed by atoms with Crippen LogP contribution in [0.15, 0.2) is 6.20 Å². The van der Waals surface area contributed by atoms with Gasteiger partial charge in [0.1, 0.15) is 0 Å². The zero-order valence-corrected chi connectivity index (χ0v) is 8.97. The van der Waals surface area contributed by atoms with E-state index >= 15 is 0 Å². The molecule has 0 spiro atoms. The van der Waals surface area contributed by atoms with Crippen molar-refractivity contribution in [2.24, 2.45) is 0 Å². The van der Waals surface area contributed by atoms with Gasteiger partial charge < -0.3 is 19.0 Å². The van der Waals surface area contributed by atoms with Crippen molar-refractivity contribution in [3.63, 3.8) is 0 Å². The Morgan fingerprint density at radius 3 is 3.07 bits per heavy atom. The molecule has 5 heteroatoms. The van der Waals surface area contributed by atoms with Crippen molar-refractivity contribution in [1.82, 2.24) is 9.55 Å². The van der Waals surface area contributed by atoms with E-state index in [0.29, 0.717) is 19.8 Å². The van der Waals surface area contributed by atoms with E-state index in [1.165, 1.54) is 0 Å². The van der Waals surface area contributed by atoms with Crippen molar-refractivity contribution >= 4 is 12.2 Å². The van der Waals surface area contributed by atoms with Crippen molar-refractivity contribution in [3.05, 3.63) is 16.7 Å². The molecule has 1 atom stereocenters. The summed E-state index contributed by atoms with van der Waals surface area (Å²) in [4.78, 5) is 3.08. The third-order valence-electron chi connectivity index (χ3n) is 2.20. The minimum Gasteiger partial charge on any atom is -0.376 e. The predicted octanol–water partition coefficient (Wildman–Crippen LogP) is 1.27. The summed E-state index contributed by atoms with van der Waals surface area (Å²) in [6.45, 7) is 4.80. The van der Waals surface area contributed by atoms with E-state index in [-0.39, 0.29) is 6.10 Å². The Balaban J connectivity index is 2.02. The van der Waals surface area contributed by atoms with Crippen LogP contribution >= 0.6 is 12.2 Å². The molecule has 0 saturated carbocycles. The average Bonchev–Trinajstić information content (AvgIpc) is 2.47. The third-order valence-corrected chi connectivity index (χ3v) is 2.54. The molecule has 1 N–H and O–H groups in total. The van der Waals surface area contributed by atoms with Crippen LogP contribution in [0.5, 0.6) is 0 Å². The van der Waals surface area contributed by atoms with Gasteiger partial charge in [0.2, 0.25) is 0 Å². The lowest BCUT2D eigenvalue weighted by atomic mass is 10.3. The van der Waals surface area contributed by atoms with Crippen LogP contribution in [0.3, 0.4) is 0 Å². The molecule has 1 unspecified atom stereocenters. The number of nitrogens with zero attached hydrogens (tertiary/aromatic N) is 1. The summed E-state index contributed by atoms with van der Waals surface area (Å²) in [6.07, 6.45) is 2.13. The summed E-state index contributed by atoms with van der Waals surface area (Å²) < 4.78 is 13.6. The molecule has 0 amide bonds. The summed E-state index contributed by atoms with van der Waals surface area (Å²) in [5.41, 5.74) is 1.08. The summed E-state index contributed by atoms with van der Waals surface area (Å²) in [5, 5.41) is 0. The maximum Gasteiger partial charge on any atom is 0.177 e. The van der Waals surface area contributed by atoms with Gasteiger partial charge in [0, 0.05) is 11.9 Å². The zero-order valence-electron chi connectivity index (χ0n) is 8.16. The largest absolute Gasteiger partial charge is 0.376 e. The second kappa shape index (κ2) is 4.25. The first-order valence-electron chi connectivity index (χ1n) is 4.71. The van der Waals surface area contributed by atoms with Gasteiger partial charge in [-0.2, -0.15) is 0 Å². The second-order valence-corrected chi connectivity index (χ2v) is 3.85. The van der Waals surface area contributed by atoms with Gasteiger partial charge in [-0.05, 0) is 19.1 Å². The molecule has 0 radical (unpaired) electrons. The van der Waals surface area contributed by atoms with Crippen molar-refractivity contribution in [1.29, 1.82) is 0 Å². The Kier molecular flexibility index (Phi) is 3.00. The minimum absolute atomic E-state index is 0.130. The number of rotatable bonds is 2. The van der Waals surface area contributed by atoms with Gasteiger partial charge in [-0.25, -0.2) is 0 Å². The molecule has 2 rings (SSSR count). The number of ether oxygens (including phenoxy) is 2. The van der Waals surface area contributed by atoms with E-state index in [0.717, 1.165) is 17.0 Å². The number of H-pyrrole nitrogens is 1. The van der Waals surface area contributed by atoms with Crippen LogP contribution in [0.1, 0.15) is 5.69 Å². The van der Waals surface area contributed by atoms with E-state index in [1.807, 2.05) is 17.7 Å². The van der Waals surface area contributed by atoms with Crippen molar-refractivity contribution in [2.45, 2.75) is 19.6 Å². The Morgan fingerprint density at radius 1 is 1.64 bits per heavy atom. The first-order chi connectivity index (χ1) is 6.75. The lowest BCUT2D eigenvalue weighted by molar-refractivity contribution is -0.0937. The molecule has 1 saturated heterocycles. The molecule has 0 aromatic carbocycles. The standard InChI is InChI=1S/C9H14N2O2S/c1-7-4-11(9(14)10-7)5-8-6-12-2-3-13-8/h4,8H,2-3,5-6H2,1H3,(H,10,14). The molecule has 1 fully saturated rings. The third kappa shape index (κ3) is 2.23. The number of aryl methyl sites for hydroxylation is 1. The quantitative estimate of drug-likeness (QED) is 0.754. The fourth-order valence-corrected chi connectivity index (χ4v) is 1.85. The molecule has 1 aliphatic heterocycles. The van der Waals surface area contributed by atoms with Crippen LogP contribution < -0.4 is 0 Å². The zero-order chi connectivity index (χ0) is 9.97. The van der Waals surface area contributed by atoms with E-state index < -0.39 is 0 Å². The monoisotopic (exact) mass is 214 g/mol. The molecule has 0 bridgehead atoms. The van der Waals surface area contributed by atoms with Gasteiger partial charge in [0.25, 0.3) is 0 Å². The highest BCUT2D eigenvalue weighted by Gasteiger charge is 2.15. The summed E-state index contributed by atoms with van der Waals surface area (Å²) >= 11 is 5.15. The Bertz CT molecular complexity index is 352. The highest BCUT2D eigenvalue weighted by Crippen LogP contribution is 2.06. The molecule has 1 aromatic heterocycles. The Hall–Kier alpha value is -0.650. The average molecular weight is 214 g/mol. The smallest absolute Gasteiger partial charge is 0.177 e. The summed E-state index contributed by atoms with van der Waals surface area (Å²) in [5.74, 6) is 0. The first-order valence-corrected chi connectivity index (χ1v) is 5.12. The number of nitrogens with one attached hydrogen (secondary N) is 1. The van der Waals surface area contributed by atoms with Gasteiger partial charge in [0.15, 0.2) is 4.77 Å². The summed E-state index contributed by atoms with van der Waals surface area (Å²) in [6, 6.07) is 0. The molecule has 14 heavy (non-hydrogen) atoms. The van der Waals surface area contributed by atoms with Gasteiger partial charge in [-0.15, -0.1) is 0 Å². The number of aromatic nitrogens is 2. The maximum absolute atomic E-state index is 5.54. The van der Waals surface area contributed by atoms with Crippen LogP contribution in [-0.4, -0.2) is 35.5 Å². The van der Waals surface area contributed by atoms with E-state index in [4.69, 9.17) is 21.7 Å². The molecule has 0 aliphatic carbocycles. The highest BCUT2D eigenvalue weighted by atomic mass is 32.1. The molecular formula is C9H14N2O2S. The second-order valence-electron chi connectivity index (χ2n) is 3.46. The van der Waals surface area contributed by atoms with Gasteiger partial charge in [-0.1, -0.05) is 0 Å². The first kappa shape index (κ1) is 9.89. The molecule has 1 aliphatic rings. The lowest BCUT2D eigenvalue weighted by Crippen LogP contribution is -2.32. The van der Waals surface area contributed by atoms with Crippen LogP contribution in [0.25, 0.3) is 0 Å². The van der Waals surface area contributed by atoms with Gasteiger partial charge >= 0.3 is 0 Å². The van der Waals surface area contributed by atoms with Gasteiger partial charge in [0.05, 0.1) is 32.5 Å². The maximum atomic E-state index is 5.54. The number of imidazole rings is 1. The van der Waals surface area contributed by atoms with Gasteiger partial charge in [-0.3, -0.25) is 0 Å². The van der Waals surface area contributed by atoms with E-state index in [1.54, 1.807) is 0 Å². The topological polar surface area (TPSA) is 39.2 Å². The van der Waals surface area contributed by atoms with E-state index in [2.05, 4.69) is 4.98 Å². The molecule has 4 nitrogen and oxygen atoms in total. The number of hydrogen-bond donors (Lipinski definition) is 1. The van der Waals surface area contributed by atoms with Crippen LogP contribution in [-0.2, 0) is 16.0 Å². The molecule has 2 heterocycles. The predicted molar refractivity (Wildman–Crippen MR) is 54.9 cm³/mol. The SMILES string of the molecule is Cc1cn(CC2COCCO2)c(=S)[nH]1. The lowest BCUT2D eigenvalue weighted by Gasteiger charge is -2.23. The number of hydrogen-bond acceptors (Lipinski definition) is 3. The van der Waals surface area contributed by atoms with Crippen molar-refractivity contribution < 1.29 is 9.47 Å². The molecule has 1 aromatic rings. The van der Waals surface area contributed by atoms with Crippen molar-refractivity contribution in [3.8, 4) is 0 Å². The van der Waals surface area contributed by atoms with Crippen LogP contribution in [0.2, 0.25) is 0 Å².